The van der Waals surface area contributed by atoms with Crippen LogP contribution >= 0.6 is 11.8 Å². The lowest BCUT2D eigenvalue weighted by Gasteiger charge is -2.15. The molecule has 86 valence electrons. The highest BCUT2D eigenvalue weighted by Gasteiger charge is 2.15. The molecule has 0 aliphatic carbocycles. The largest absolute Gasteiger partial charge is 0.311 e. The molecule has 0 spiro atoms. The molecule has 1 rings (SSSR count). The van der Waals surface area contributed by atoms with Crippen LogP contribution in [0.4, 0.5) is 0 Å². The van der Waals surface area contributed by atoms with Crippen molar-refractivity contribution in [2.24, 2.45) is 5.41 Å². The minimum atomic E-state index is -0.292. The quantitative estimate of drug-likeness (QED) is 0.795. The number of benzene rings is 1. The van der Waals surface area contributed by atoms with Crippen LogP contribution in [0.1, 0.15) is 19.4 Å². The van der Waals surface area contributed by atoms with E-state index in [2.05, 4.69) is 41.9 Å². The topological polar surface area (TPSA) is 35.8 Å². The molecule has 3 heteroatoms. The van der Waals surface area contributed by atoms with Crippen LogP contribution in [0.3, 0.4) is 0 Å². The molecule has 0 atom stereocenters. The zero-order chi connectivity index (χ0) is 12.0. The van der Waals surface area contributed by atoms with Gasteiger partial charge in [-0.25, -0.2) is 0 Å². The number of hydrogen-bond acceptors (Lipinski definition) is 3. The molecule has 0 amide bonds. The summed E-state index contributed by atoms with van der Waals surface area (Å²) in [5.41, 5.74) is 0.964. The molecule has 0 saturated carbocycles. The van der Waals surface area contributed by atoms with Crippen LogP contribution in [0.2, 0.25) is 0 Å². The van der Waals surface area contributed by atoms with E-state index in [9.17, 15) is 0 Å². The Labute approximate surface area is 102 Å². The number of hydrogen-bond donors (Lipinski definition) is 1. The summed E-state index contributed by atoms with van der Waals surface area (Å²) in [6, 6.07) is 10.8. The first kappa shape index (κ1) is 13.1. The average Bonchev–Trinajstić information content (AvgIpc) is 2.30. The molecule has 0 aromatic heterocycles. The predicted molar refractivity (Wildman–Crippen MR) is 69.3 cm³/mol. The second kappa shape index (κ2) is 5.93. The summed E-state index contributed by atoms with van der Waals surface area (Å²) in [6.07, 6.45) is 2.07. The zero-order valence-corrected chi connectivity index (χ0v) is 10.9. The number of nitrogens with zero attached hydrogens (tertiary/aromatic N) is 1. The lowest BCUT2D eigenvalue weighted by Crippen LogP contribution is -2.27. The van der Waals surface area contributed by atoms with Crippen LogP contribution in [0, 0.1) is 16.7 Å². The van der Waals surface area contributed by atoms with Crippen molar-refractivity contribution in [1.82, 2.24) is 5.32 Å². The van der Waals surface area contributed by atoms with Gasteiger partial charge >= 0.3 is 0 Å². The number of nitrogens with one attached hydrogen (secondary N) is 1. The van der Waals surface area contributed by atoms with Crippen molar-refractivity contribution in [3.8, 4) is 6.07 Å². The molecule has 16 heavy (non-hydrogen) atoms. The minimum absolute atomic E-state index is 0.292. The second-order valence-corrected chi connectivity index (χ2v) is 5.33. The lowest BCUT2D eigenvalue weighted by molar-refractivity contribution is 0.445. The van der Waals surface area contributed by atoms with Gasteiger partial charge in [-0.05, 0) is 37.8 Å². The van der Waals surface area contributed by atoms with Crippen molar-refractivity contribution in [2.45, 2.75) is 25.3 Å². The highest BCUT2D eigenvalue weighted by atomic mass is 32.2. The molecule has 0 radical (unpaired) electrons. The number of rotatable bonds is 5. The van der Waals surface area contributed by atoms with E-state index in [4.69, 9.17) is 5.26 Å². The maximum Gasteiger partial charge on any atom is 0.0697 e. The van der Waals surface area contributed by atoms with Gasteiger partial charge in [0.1, 0.15) is 0 Å². The van der Waals surface area contributed by atoms with Crippen molar-refractivity contribution in [3.05, 3.63) is 29.8 Å². The summed E-state index contributed by atoms with van der Waals surface area (Å²) in [4.78, 5) is 1.28. The highest BCUT2D eigenvalue weighted by molar-refractivity contribution is 7.98. The van der Waals surface area contributed by atoms with E-state index in [0.29, 0.717) is 6.54 Å². The fraction of sp³-hybridized carbons (Fsp3) is 0.462. The normalized spacial score (nSPS) is 11.1. The van der Waals surface area contributed by atoms with Crippen LogP contribution in [-0.4, -0.2) is 12.8 Å². The molecule has 2 nitrogen and oxygen atoms in total. The summed E-state index contributed by atoms with van der Waals surface area (Å²) in [5.74, 6) is 0. The van der Waals surface area contributed by atoms with Gasteiger partial charge in [0, 0.05) is 18.0 Å². The third-order valence-corrected chi connectivity index (χ3v) is 3.10. The van der Waals surface area contributed by atoms with Gasteiger partial charge in [0.25, 0.3) is 0 Å². The summed E-state index contributed by atoms with van der Waals surface area (Å²) in [7, 11) is 0. The zero-order valence-electron chi connectivity index (χ0n) is 10.1. The van der Waals surface area contributed by atoms with E-state index in [1.54, 1.807) is 11.8 Å². The predicted octanol–water partition coefficient (Wildman–Crippen LogP) is 3.05. The van der Waals surface area contributed by atoms with E-state index in [1.807, 2.05) is 13.8 Å². The van der Waals surface area contributed by atoms with Crippen molar-refractivity contribution in [1.29, 1.82) is 5.26 Å². The van der Waals surface area contributed by atoms with Crippen molar-refractivity contribution >= 4 is 11.8 Å². The van der Waals surface area contributed by atoms with Crippen LogP contribution in [0.5, 0.6) is 0 Å². The van der Waals surface area contributed by atoms with E-state index in [1.165, 1.54) is 10.5 Å². The Morgan fingerprint density at radius 3 is 2.44 bits per heavy atom. The highest BCUT2D eigenvalue weighted by Crippen LogP contribution is 2.15. The summed E-state index contributed by atoms with van der Waals surface area (Å²) >= 11 is 1.75. The average molecular weight is 234 g/mol. The molecular weight excluding hydrogens is 216 g/mol. The molecular formula is C13H18N2S. The van der Waals surface area contributed by atoms with E-state index < -0.39 is 0 Å². The Morgan fingerprint density at radius 2 is 1.94 bits per heavy atom. The smallest absolute Gasteiger partial charge is 0.0697 e. The third-order valence-electron chi connectivity index (χ3n) is 2.36. The van der Waals surface area contributed by atoms with Crippen LogP contribution in [0.15, 0.2) is 29.2 Å². The van der Waals surface area contributed by atoms with Gasteiger partial charge in [-0.15, -0.1) is 11.8 Å². The molecule has 0 aliphatic rings. The molecule has 0 unspecified atom stereocenters. The monoisotopic (exact) mass is 234 g/mol. The SMILES string of the molecule is CSc1ccc(CNCC(C)(C)C#N)cc1. The number of nitriles is 1. The third kappa shape index (κ3) is 4.26. The van der Waals surface area contributed by atoms with Gasteiger partial charge in [-0.3, -0.25) is 0 Å². The lowest BCUT2D eigenvalue weighted by atomic mass is 9.96. The second-order valence-electron chi connectivity index (χ2n) is 4.45. The molecule has 0 fully saturated rings. The van der Waals surface area contributed by atoms with Gasteiger partial charge < -0.3 is 5.32 Å². The fourth-order valence-corrected chi connectivity index (χ4v) is 1.71. The minimum Gasteiger partial charge on any atom is -0.311 e. The van der Waals surface area contributed by atoms with Crippen LogP contribution in [-0.2, 0) is 6.54 Å². The molecule has 1 aromatic carbocycles. The van der Waals surface area contributed by atoms with Crippen molar-refractivity contribution in [2.75, 3.05) is 12.8 Å². The first-order valence-corrected chi connectivity index (χ1v) is 6.55. The molecule has 0 heterocycles. The van der Waals surface area contributed by atoms with Crippen molar-refractivity contribution < 1.29 is 0 Å². The van der Waals surface area contributed by atoms with E-state index in [-0.39, 0.29) is 5.41 Å². The maximum absolute atomic E-state index is 8.87. The first-order valence-electron chi connectivity index (χ1n) is 5.32. The maximum atomic E-state index is 8.87. The van der Waals surface area contributed by atoms with Crippen molar-refractivity contribution in [3.63, 3.8) is 0 Å². The Morgan fingerprint density at radius 1 is 1.31 bits per heavy atom. The summed E-state index contributed by atoms with van der Waals surface area (Å²) < 4.78 is 0. The van der Waals surface area contributed by atoms with Gasteiger partial charge in [0.2, 0.25) is 0 Å². The molecule has 0 saturated heterocycles. The standard InChI is InChI=1S/C13H18N2S/c1-13(2,9-14)10-15-8-11-4-6-12(16-3)7-5-11/h4-7,15H,8,10H2,1-3H3. The van der Waals surface area contributed by atoms with Gasteiger partial charge in [0.05, 0.1) is 11.5 Å². The van der Waals surface area contributed by atoms with E-state index in [0.717, 1.165) is 6.54 Å². The Hall–Kier alpha value is -0.980. The van der Waals surface area contributed by atoms with E-state index >= 15 is 0 Å². The molecule has 1 aromatic rings. The Balaban J connectivity index is 2.41. The van der Waals surface area contributed by atoms with Gasteiger partial charge in [0.15, 0.2) is 0 Å². The molecule has 0 bridgehead atoms. The number of thioether (sulfide) groups is 1. The van der Waals surface area contributed by atoms with Crippen LogP contribution < -0.4 is 5.32 Å². The molecule has 1 N–H and O–H groups in total. The summed E-state index contributed by atoms with van der Waals surface area (Å²) in [5, 5.41) is 12.2. The molecule has 0 aliphatic heterocycles. The fourth-order valence-electron chi connectivity index (χ4n) is 1.30. The van der Waals surface area contributed by atoms with Gasteiger partial charge in [-0.1, -0.05) is 12.1 Å². The summed E-state index contributed by atoms with van der Waals surface area (Å²) in [6.45, 7) is 5.42. The van der Waals surface area contributed by atoms with Gasteiger partial charge in [-0.2, -0.15) is 5.26 Å². The Bertz CT molecular complexity index is 363. The first-order chi connectivity index (χ1) is 7.57. The van der Waals surface area contributed by atoms with Crippen LogP contribution in [0.25, 0.3) is 0 Å². The Kier molecular flexibility index (Phi) is 4.85.